The van der Waals surface area contributed by atoms with E-state index in [1.165, 1.54) is 10.5 Å². The molecule has 1 saturated heterocycles. The van der Waals surface area contributed by atoms with Crippen LogP contribution in [-0.4, -0.2) is 31.4 Å². The molecule has 1 aliphatic carbocycles. The maximum Gasteiger partial charge on any atom is 0.316 e. The first-order valence-electron chi connectivity index (χ1n) is 6.57. The number of piperazine rings is 1. The summed E-state index contributed by atoms with van der Waals surface area (Å²) in [4.78, 5) is 24.6. The predicted octanol–water partition coefficient (Wildman–Crippen LogP) is 0.140. The number of hydrogen-bond acceptors (Lipinski definition) is 3. The minimum Gasteiger partial charge on any atom is -0.346 e. The summed E-state index contributed by atoms with van der Waals surface area (Å²) in [5.74, 6) is -1.02. The molecule has 19 heavy (non-hydrogen) atoms. The van der Waals surface area contributed by atoms with Crippen LogP contribution in [0.5, 0.6) is 0 Å². The Morgan fingerprint density at radius 3 is 2.47 bits per heavy atom. The maximum atomic E-state index is 11.8. The van der Waals surface area contributed by atoms with Crippen molar-refractivity contribution in [2.75, 3.05) is 24.5 Å². The predicted molar refractivity (Wildman–Crippen MR) is 71.8 cm³/mol. The summed E-state index contributed by atoms with van der Waals surface area (Å²) in [6, 6.07) is 7.85. The monoisotopic (exact) mass is 259 g/mol. The van der Waals surface area contributed by atoms with Crippen LogP contribution in [0, 0.1) is 0 Å². The largest absolute Gasteiger partial charge is 0.346 e. The van der Waals surface area contributed by atoms with Gasteiger partial charge in [-0.1, -0.05) is 12.1 Å². The number of amides is 2. The van der Waals surface area contributed by atoms with Crippen LogP contribution in [0.3, 0.4) is 0 Å². The van der Waals surface area contributed by atoms with Crippen LogP contribution in [0.1, 0.15) is 18.4 Å². The molecule has 0 atom stereocenters. The fourth-order valence-corrected chi connectivity index (χ4v) is 2.58. The third-order valence-corrected chi connectivity index (χ3v) is 4.10. The fourth-order valence-electron chi connectivity index (χ4n) is 2.58. The fraction of sp³-hybridized carbons (Fsp3) is 0.429. The first kappa shape index (κ1) is 12.2. The summed E-state index contributed by atoms with van der Waals surface area (Å²) in [6.45, 7) is 1.68. The quantitative estimate of drug-likeness (QED) is 0.758. The lowest BCUT2D eigenvalue weighted by atomic mass is 9.96. The highest BCUT2D eigenvalue weighted by Gasteiger charge is 2.42. The summed E-state index contributed by atoms with van der Waals surface area (Å²) in [5, 5.41) is 2.54. The van der Waals surface area contributed by atoms with Crippen molar-refractivity contribution in [2.45, 2.75) is 18.3 Å². The van der Waals surface area contributed by atoms with Crippen LogP contribution in [-0.2, 0) is 15.0 Å². The molecule has 0 unspecified atom stereocenters. The normalized spacial score (nSPS) is 21.2. The number of hydrogen-bond donors (Lipinski definition) is 2. The highest BCUT2D eigenvalue weighted by atomic mass is 16.2. The molecule has 100 valence electrons. The molecule has 1 aromatic carbocycles. The van der Waals surface area contributed by atoms with Gasteiger partial charge in [-0.15, -0.1) is 0 Å². The molecular weight excluding hydrogens is 242 g/mol. The number of nitrogens with zero attached hydrogens (tertiary/aromatic N) is 1. The van der Waals surface area contributed by atoms with Crippen molar-refractivity contribution in [3.05, 3.63) is 29.8 Å². The van der Waals surface area contributed by atoms with Gasteiger partial charge in [0, 0.05) is 30.7 Å². The standard InChI is InChI=1S/C14H17N3O2/c15-9-14(5-6-14)10-1-3-11(4-2-10)17-8-7-16-12(18)13(17)19/h1-4H,5-9,15H2,(H,16,18). The van der Waals surface area contributed by atoms with Crippen molar-refractivity contribution in [3.8, 4) is 0 Å². The van der Waals surface area contributed by atoms with Gasteiger partial charge in [0.05, 0.1) is 0 Å². The average Bonchev–Trinajstić information content (AvgIpc) is 3.23. The molecule has 0 aromatic heterocycles. The molecule has 1 saturated carbocycles. The van der Waals surface area contributed by atoms with Gasteiger partial charge < -0.3 is 16.0 Å². The topological polar surface area (TPSA) is 75.4 Å². The zero-order chi connectivity index (χ0) is 13.5. The minimum absolute atomic E-state index is 0.155. The molecule has 0 spiro atoms. The number of anilines is 1. The van der Waals surface area contributed by atoms with Crippen LogP contribution in [0.15, 0.2) is 24.3 Å². The van der Waals surface area contributed by atoms with Crippen LogP contribution < -0.4 is 16.0 Å². The Morgan fingerprint density at radius 2 is 1.89 bits per heavy atom. The zero-order valence-corrected chi connectivity index (χ0v) is 10.7. The smallest absolute Gasteiger partial charge is 0.316 e. The maximum absolute atomic E-state index is 11.8. The molecular formula is C14H17N3O2. The van der Waals surface area contributed by atoms with Crippen molar-refractivity contribution in [1.82, 2.24) is 5.32 Å². The number of benzene rings is 1. The lowest BCUT2D eigenvalue weighted by molar-refractivity contribution is -0.138. The van der Waals surface area contributed by atoms with E-state index in [0.717, 1.165) is 18.5 Å². The van der Waals surface area contributed by atoms with Crippen LogP contribution in [0.2, 0.25) is 0 Å². The molecule has 0 radical (unpaired) electrons. The van der Waals surface area contributed by atoms with Gasteiger partial charge >= 0.3 is 11.8 Å². The summed E-state index contributed by atoms with van der Waals surface area (Å²) in [5.41, 5.74) is 7.96. The molecule has 2 aliphatic rings. The van der Waals surface area contributed by atoms with Gasteiger partial charge in [0.1, 0.15) is 0 Å². The second-order valence-electron chi connectivity index (χ2n) is 5.24. The highest BCUT2D eigenvalue weighted by Crippen LogP contribution is 2.47. The van der Waals surface area contributed by atoms with E-state index in [1.54, 1.807) is 0 Å². The van der Waals surface area contributed by atoms with Crippen molar-refractivity contribution in [2.24, 2.45) is 5.73 Å². The van der Waals surface area contributed by atoms with Gasteiger partial charge in [0.25, 0.3) is 0 Å². The average molecular weight is 259 g/mol. The summed E-state index contributed by atoms with van der Waals surface area (Å²) < 4.78 is 0. The molecule has 1 heterocycles. The molecule has 0 bridgehead atoms. The Balaban J connectivity index is 1.83. The molecule has 2 fully saturated rings. The molecule has 3 N–H and O–H groups in total. The van der Waals surface area contributed by atoms with Gasteiger partial charge in [-0.2, -0.15) is 0 Å². The molecule has 2 amide bonds. The molecule has 5 heteroatoms. The number of carbonyl (C=O) groups is 2. The second kappa shape index (κ2) is 4.35. The van der Waals surface area contributed by atoms with Crippen molar-refractivity contribution in [3.63, 3.8) is 0 Å². The molecule has 1 aliphatic heterocycles. The van der Waals surface area contributed by atoms with Crippen LogP contribution in [0.25, 0.3) is 0 Å². The summed E-state index contributed by atoms with van der Waals surface area (Å²) in [6.07, 6.45) is 2.27. The zero-order valence-electron chi connectivity index (χ0n) is 10.7. The molecule has 5 nitrogen and oxygen atoms in total. The Labute approximate surface area is 111 Å². The van der Waals surface area contributed by atoms with E-state index in [-0.39, 0.29) is 5.41 Å². The molecule has 3 rings (SSSR count). The minimum atomic E-state index is -0.532. The van der Waals surface area contributed by atoms with E-state index in [2.05, 4.69) is 5.32 Å². The Bertz CT molecular complexity index is 520. The number of carbonyl (C=O) groups excluding carboxylic acids is 2. The summed E-state index contributed by atoms with van der Waals surface area (Å²) >= 11 is 0. The van der Waals surface area contributed by atoms with Crippen molar-refractivity contribution >= 4 is 17.5 Å². The van der Waals surface area contributed by atoms with E-state index in [0.29, 0.717) is 19.6 Å². The van der Waals surface area contributed by atoms with E-state index in [1.807, 2.05) is 24.3 Å². The Kier molecular flexibility index (Phi) is 2.78. The number of nitrogens with one attached hydrogen (secondary N) is 1. The van der Waals surface area contributed by atoms with Gasteiger partial charge in [-0.25, -0.2) is 0 Å². The SMILES string of the molecule is NCC1(c2ccc(N3CCNC(=O)C3=O)cc2)CC1. The third-order valence-electron chi connectivity index (χ3n) is 4.10. The highest BCUT2D eigenvalue weighted by molar-refractivity contribution is 6.41. The van der Waals surface area contributed by atoms with Gasteiger partial charge in [-0.05, 0) is 30.5 Å². The van der Waals surface area contributed by atoms with Crippen molar-refractivity contribution < 1.29 is 9.59 Å². The van der Waals surface area contributed by atoms with Crippen molar-refractivity contribution in [1.29, 1.82) is 0 Å². The Morgan fingerprint density at radius 1 is 1.21 bits per heavy atom. The first-order chi connectivity index (χ1) is 9.16. The first-order valence-corrected chi connectivity index (χ1v) is 6.57. The van der Waals surface area contributed by atoms with Gasteiger partial charge in [0.2, 0.25) is 0 Å². The van der Waals surface area contributed by atoms with E-state index in [4.69, 9.17) is 5.73 Å². The lowest BCUT2D eigenvalue weighted by Crippen LogP contribution is -2.52. The van der Waals surface area contributed by atoms with E-state index < -0.39 is 11.8 Å². The lowest BCUT2D eigenvalue weighted by Gasteiger charge is -2.27. The van der Waals surface area contributed by atoms with Gasteiger partial charge in [-0.3, -0.25) is 9.59 Å². The summed E-state index contributed by atoms with van der Waals surface area (Å²) in [7, 11) is 0. The van der Waals surface area contributed by atoms with Crippen LogP contribution in [0.4, 0.5) is 5.69 Å². The van der Waals surface area contributed by atoms with Crippen LogP contribution >= 0.6 is 0 Å². The third kappa shape index (κ3) is 2.00. The number of rotatable bonds is 3. The van der Waals surface area contributed by atoms with Gasteiger partial charge in [0.15, 0.2) is 0 Å². The van der Waals surface area contributed by atoms with E-state index >= 15 is 0 Å². The molecule has 1 aromatic rings. The Hall–Kier alpha value is -1.88. The van der Waals surface area contributed by atoms with E-state index in [9.17, 15) is 9.59 Å². The number of nitrogens with two attached hydrogens (primary N) is 1. The second-order valence-corrected chi connectivity index (χ2v) is 5.24.